The minimum atomic E-state index is -3.51. The smallest absolute Gasteiger partial charge is 0.301 e. The molecule has 7 heteroatoms. The van der Waals surface area contributed by atoms with E-state index in [9.17, 15) is 8.42 Å². The van der Waals surface area contributed by atoms with E-state index in [1.54, 1.807) is 12.3 Å². The van der Waals surface area contributed by atoms with Gasteiger partial charge in [0.25, 0.3) is 0 Å². The fourth-order valence-electron chi connectivity index (χ4n) is 2.62. The molecule has 1 N–H and O–H groups in total. The summed E-state index contributed by atoms with van der Waals surface area (Å²) in [4.78, 5) is 6.59. The van der Waals surface area contributed by atoms with E-state index < -0.39 is 10.2 Å². The van der Waals surface area contributed by atoms with Crippen LogP contribution in [0.25, 0.3) is 0 Å². The van der Waals surface area contributed by atoms with Gasteiger partial charge in [-0.25, -0.2) is 4.98 Å². The molecule has 0 amide bonds. The summed E-state index contributed by atoms with van der Waals surface area (Å²) in [5.74, 6) is 0.824. The zero-order valence-electron chi connectivity index (χ0n) is 13.2. The van der Waals surface area contributed by atoms with Gasteiger partial charge >= 0.3 is 10.2 Å². The summed E-state index contributed by atoms with van der Waals surface area (Å²) in [7, 11) is -0.546. The first-order chi connectivity index (χ1) is 11.0. The Hall–Kier alpha value is -2.12. The number of rotatable bonds is 4. The van der Waals surface area contributed by atoms with Crippen LogP contribution in [-0.2, 0) is 16.6 Å². The summed E-state index contributed by atoms with van der Waals surface area (Å²) in [6.45, 7) is 0.910. The third-order valence-corrected chi connectivity index (χ3v) is 5.32. The summed E-state index contributed by atoms with van der Waals surface area (Å²) < 4.78 is 27.3. The summed E-state index contributed by atoms with van der Waals surface area (Å²) in [5, 5.41) is 0. The van der Waals surface area contributed by atoms with Crippen molar-refractivity contribution in [1.29, 1.82) is 0 Å². The molecule has 0 saturated carbocycles. The summed E-state index contributed by atoms with van der Waals surface area (Å²) in [6, 6.07) is 11.9. The van der Waals surface area contributed by atoms with Crippen molar-refractivity contribution in [1.82, 2.24) is 9.29 Å². The zero-order valence-corrected chi connectivity index (χ0v) is 14.0. The number of pyridine rings is 1. The number of nitrogens with zero attached hydrogens (tertiary/aromatic N) is 3. The van der Waals surface area contributed by atoms with Gasteiger partial charge in [0.05, 0.1) is 11.9 Å². The number of benzene rings is 1. The van der Waals surface area contributed by atoms with E-state index in [2.05, 4.69) is 32.8 Å². The summed E-state index contributed by atoms with van der Waals surface area (Å²) in [6.07, 6.45) is 3.70. The predicted molar refractivity (Wildman–Crippen MR) is 92.2 cm³/mol. The molecule has 0 saturated heterocycles. The van der Waals surface area contributed by atoms with Gasteiger partial charge < -0.3 is 4.90 Å². The number of nitrogens with one attached hydrogen (secondary N) is 1. The minimum absolute atomic E-state index is 0.452. The topological polar surface area (TPSA) is 65.5 Å². The van der Waals surface area contributed by atoms with Gasteiger partial charge in [-0.2, -0.15) is 12.7 Å². The number of hydrogen-bond acceptors (Lipinski definition) is 4. The number of aromatic nitrogens is 1. The van der Waals surface area contributed by atoms with Crippen molar-refractivity contribution >= 4 is 27.4 Å². The van der Waals surface area contributed by atoms with E-state index in [0.29, 0.717) is 5.69 Å². The molecule has 0 aliphatic carbocycles. The Labute approximate surface area is 136 Å². The van der Waals surface area contributed by atoms with Gasteiger partial charge in [-0.3, -0.25) is 4.72 Å². The molecule has 2 heterocycles. The molecule has 0 bridgehead atoms. The quantitative estimate of drug-likeness (QED) is 0.933. The number of anilines is 3. The minimum Gasteiger partial charge on any atom is -0.326 e. The number of aryl methyl sites for hydroxylation is 1. The van der Waals surface area contributed by atoms with Crippen LogP contribution in [0.3, 0.4) is 0 Å². The van der Waals surface area contributed by atoms with Crippen LogP contribution in [0.4, 0.5) is 17.2 Å². The molecule has 1 aliphatic heterocycles. The van der Waals surface area contributed by atoms with Crippen molar-refractivity contribution in [3.63, 3.8) is 0 Å². The van der Waals surface area contributed by atoms with Crippen molar-refractivity contribution in [3.8, 4) is 0 Å². The molecule has 0 unspecified atom stereocenters. The highest BCUT2D eigenvalue weighted by Crippen LogP contribution is 2.32. The Morgan fingerprint density at radius 3 is 2.65 bits per heavy atom. The fourth-order valence-corrected chi connectivity index (χ4v) is 3.22. The Bertz CT molecular complexity index is 788. The molecular formula is C16H20N4O2S. The van der Waals surface area contributed by atoms with Gasteiger partial charge in [0.2, 0.25) is 0 Å². The highest BCUT2D eigenvalue weighted by molar-refractivity contribution is 7.90. The second kappa shape index (κ2) is 6.17. The molecule has 2 aromatic rings. The van der Waals surface area contributed by atoms with E-state index in [1.165, 1.54) is 25.3 Å². The highest BCUT2D eigenvalue weighted by atomic mass is 32.2. The first-order valence-corrected chi connectivity index (χ1v) is 8.93. The second-order valence-electron chi connectivity index (χ2n) is 5.68. The first-order valence-electron chi connectivity index (χ1n) is 7.49. The molecule has 1 aliphatic rings. The van der Waals surface area contributed by atoms with Crippen molar-refractivity contribution in [2.75, 3.05) is 30.3 Å². The van der Waals surface area contributed by atoms with Crippen LogP contribution >= 0.6 is 0 Å². The van der Waals surface area contributed by atoms with Crippen LogP contribution in [0.5, 0.6) is 0 Å². The number of fused-ring (bicyclic) bond motifs is 1. The monoisotopic (exact) mass is 332 g/mol. The molecule has 6 nitrogen and oxygen atoms in total. The summed E-state index contributed by atoms with van der Waals surface area (Å²) in [5.41, 5.74) is 2.94. The van der Waals surface area contributed by atoms with Crippen LogP contribution in [-0.4, -0.2) is 38.3 Å². The van der Waals surface area contributed by atoms with Crippen LogP contribution in [0, 0.1) is 0 Å². The predicted octanol–water partition coefficient (Wildman–Crippen LogP) is 2.38. The van der Waals surface area contributed by atoms with Gasteiger partial charge in [-0.05, 0) is 36.6 Å². The normalized spacial score (nSPS) is 14.7. The lowest BCUT2D eigenvalue weighted by molar-refractivity contribution is 0.527. The van der Waals surface area contributed by atoms with Crippen molar-refractivity contribution in [2.45, 2.75) is 12.8 Å². The molecule has 23 heavy (non-hydrogen) atoms. The van der Waals surface area contributed by atoms with Gasteiger partial charge in [0, 0.05) is 26.3 Å². The average molecular weight is 332 g/mol. The highest BCUT2D eigenvalue weighted by Gasteiger charge is 2.19. The zero-order chi connectivity index (χ0) is 16.4. The Balaban J connectivity index is 1.84. The van der Waals surface area contributed by atoms with Gasteiger partial charge in [-0.1, -0.05) is 18.2 Å². The number of hydrogen-bond donors (Lipinski definition) is 1. The van der Waals surface area contributed by atoms with Crippen LogP contribution in [0.15, 0.2) is 42.6 Å². The molecule has 0 radical (unpaired) electrons. The maximum atomic E-state index is 11.8. The van der Waals surface area contributed by atoms with E-state index in [1.807, 2.05) is 12.1 Å². The SMILES string of the molecule is CN(C)S(=O)(=O)Nc1ccc(N2CCCc3ccccc32)nc1. The lowest BCUT2D eigenvalue weighted by Gasteiger charge is -2.30. The first kappa shape index (κ1) is 15.8. The maximum absolute atomic E-state index is 11.8. The molecule has 0 atom stereocenters. The van der Waals surface area contributed by atoms with Gasteiger partial charge in [-0.15, -0.1) is 0 Å². The van der Waals surface area contributed by atoms with E-state index in [-0.39, 0.29) is 0 Å². The lowest BCUT2D eigenvalue weighted by atomic mass is 10.0. The Kier molecular flexibility index (Phi) is 4.23. The molecule has 3 rings (SSSR count). The van der Waals surface area contributed by atoms with Crippen LogP contribution in [0.2, 0.25) is 0 Å². The van der Waals surface area contributed by atoms with E-state index in [0.717, 1.165) is 29.5 Å². The molecule has 0 fully saturated rings. The molecule has 1 aromatic heterocycles. The fraction of sp³-hybridized carbons (Fsp3) is 0.312. The van der Waals surface area contributed by atoms with Crippen molar-refractivity contribution in [2.24, 2.45) is 0 Å². The van der Waals surface area contributed by atoms with Crippen LogP contribution < -0.4 is 9.62 Å². The van der Waals surface area contributed by atoms with E-state index >= 15 is 0 Å². The van der Waals surface area contributed by atoms with Crippen LogP contribution in [0.1, 0.15) is 12.0 Å². The van der Waals surface area contributed by atoms with E-state index in [4.69, 9.17) is 0 Å². The third-order valence-electron chi connectivity index (χ3n) is 3.86. The second-order valence-corrected chi connectivity index (χ2v) is 7.56. The Morgan fingerprint density at radius 1 is 1.17 bits per heavy atom. The van der Waals surface area contributed by atoms with Gasteiger partial charge in [0.15, 0.2) is 0 Å². The summed E-state index contributed by atoms with van der Waals surface area (Å²) >= 11 is 0. The molecular weight excluding hydrogens is 312 g/mol. The largest absolute Gasteiger partial charge is 0.326 e. The van der Waals surface area contributed by atoms with Crippen molar-refractivity contribution in [3.05, 3.63) is 48.2 Å². The molecule has 122 valence electrons. The lowest BCUT2D eigenvalue weighted by Crippen LogP contribution is -2.29. The molecule has 0 spiro atoms. The standard InChI is InChI=1S/C16H20N4O2S/c1-19(2)23(21,22)18-14-9-10-16(17-12-14)20-11-5-7-13-6-3-4-8-15(13)20/h3-4,6,8-10,12,18H,5,7,11H2,1-2H3. The van der Waals surface area contributed by atoms with Crippen molar-refractivity contribution < 1.29 is 8.42 Å². The maximum Gasteiger partial charge on any atom is 0.301 e. The number of para-hydroxylation sites is 1. The average Bonchev–Trinajstić information content (AvgIpc) is 2.55. The van der Waals surface area contributed by atoms with Gasteiger partial charge in [0.1, 0.15) is 5.82 Å². The third kappa shape index (κ3) is 3.30. The Morgan fingerprint density at radius 2 is 1.96 bits per heavy atom. The molecule has 1 aromatic carbocycles.